The highest BCUT2D eigenvalue weighted by molar-refractivity contribution is 5.21. The number of rotatable bonds is 3. The van der Waals surface area contributed by atoms with Gasteiger partial charge >= 0.3 is 0 Å². The molecular formula is C10H11N3O2. The summed E-state index contributed by atoms with van der Waals surface area (Å²) in [4.78, 5) is 2.73. The third-order valence-corrected chi connectivity index (χ3v) is 2.31. The van der Waals surface area contributed by atoms with E-state index in [9.17, 15) is 0 Å². The standard InChI is InChI=1S/C10H11N3O2/c11-13-12-8-10(14-6-7-15-10)9-4-2-1-3-5-9/h1-5H,6-8H2. The largest absolute Gasteiger partial charge is 0.343 e. The van der Waals surface area contributed by atoms with Crippen LogP contribution in [-0.2, 0) is 15.3 Å². The lowest BCUT2D eigenvalue weighted by Gasteiger charge is -2.25. The van der Waals surface area contributed by atoms with Crippen LogP contribution in [-0.4, -0.2) is 19.8 Å². The van der Waals surface area contributed by atoms with E-state index in [1.54, 1.807) is 0 Å². The SMILES string of the molecule is [N-]=[N+]=NCC1(c2ccccc2)OCCO1. The molecule has 1 aliphatic heterocycles. The summed E-state index contributed by atoms with van der Waals surface area (Å²) >= 11 is 0. The van der Waals surface area contributed by atoms with E-state index in [1.807, 2.05) is 30.3 Å². The average molecular weight is 205 g/mol. The Bertz CT molecular complexity index is 368. The Hall–Kier alpha value is -1.55. The molecule has 1 aliphatic rings. The molecule has 78 valence electrons. The number of ether oxygens (including phenoxy) is 2. The zero-order valence-corrected chi connectivity index (χ0v) is 8.17. The molecule has 1 fully saturated rings. The minimum atomic E-state index is -0.881. The van der Waals surface area contributed by atoms with Crippen molar-refractivity contribution in [3.05, 3.63) is 46.3 Å². The van der Waals surface area contributed by atoms with Gasteiger partial charge in [0.2, 0.25) is 5.79 Å². The molecule has 0 aromatic heterocycles. The molecule has 1 heterocycles. The van der Waals surface area contributed by atoms with E-state index in [-0.39, 0.29) is 6.54 Å². The Labute approximate surface area is 87.2 Å². The number of benzene rings is 1. The van der Waals surface area contributed by atoms with Crippen LogP contribution in [0, 0.1) is 0 Å². The minimum absolute atomic E-state index is 0.160. The number of azide groups is 1. The molecule has 0 radical (unpaired) electrons. The molecule has 1 saturated heterocycles. The van der Waals surface area contributed by atoms with Gasteiger partial charge in [-0.2, -0.15) is 0 Å². The Morgan fingerprint density at radius 3 is 2.53 bits per heavy atom. The van der Waals surface area contributed by atoms with Crippen molar-refractivity contribution in [2.45, 2.75) is 5.79 Å². The van der Waals surface area contributed by atoms with Crippen LogP contribution in [0.2, 0.25) is 0 Å². The van der Waals surface area contributed by atoms with E-state index in [2.05, 4.69) is 10.0 Å². The maximum Gasteiger partial charge on any atom is 0.200 e. The van der Waals surface area contributed by atoms with Crippen LogP contribution in [0.15, 0.2) is 35.4 Å². The zero-order valence-electron chi connectivity index (χ0n) is 8.17. The Kier molecular flexibility index (Phi) is 2.87. The summed E-state index contributed by atoms with van der Waals surface area (Å²) in [5, 5.41) is 3.53. The molecule has 1 aromatic carbocycles. The van der Waals surface area contributed by atoms with E-state index >= 15 is 0 Å². The van der Waals surface area contributed by atoms with Gasteiger partial charge in [0.15, 0.2) is 0 Å². The first kappa shape index (κ1) is 9.98. The fourth-order valence-electron chi connectivity index (χ4n) is 1.62. The van der Waals surface area contributed by atoms with E-state index in [0.717, 1.165) is 5.56 Å². The van der Waals surface area contributed by atoms with Crippen molar-refractivity contribution < 1.29 is 9.47 Å². The lowest BCUT2D eigenvalue weighted by Crippen LogP contribution is -2.30. The molecule has 0 saturated carbocycles. The van der Waals surface area contributed by atoms with E-state index in [4.69, 9.17) is 15.0 Å². The minimum Gasteiger partial charge on any atom is -0.343 e. The van der Waals surface area contributed by atoms with Crippen LogP contribution in [0.5, 0.6) is 0 Å². The van der Waals surface area contributed by atoms with Crippen LogP contribution in [0.3, 0.4) is 0 Å². The van der Waals surface area contributed by atoms with Crippen LogP contribution >= 0.6 is 0 Å². The molecular weight excluding hydrogens is 194 g/mol. The molecule has 0 aliphatic carbocycles. The number of nitrogens with zero attached hydrogens (tertiary/aromatic N) is 3. The summed E-state index contributed by atoms with van der Waals surface area (Å²) in [7, 11) is 0. The Morgan fingerprint density at radius 2 is 1.93 bits per heavy atom. The monoisotopic (exact) mass is 205 g/mol. The van der Waals surface area contributed by atoms with Crippen LogP contribution < -0.4 is 0 Å². The van der Waals surface area contributed by atoms with Crippen molar-refractivity contribution in [2.24, 2.45) is 5.11 Å². The molecule has 0 spiro atoms. The van der Waals surface area contributed by atoms with Gasteiger partial charge in [-0.15, -0.1) is 0 Å². The molecule has 5 nitrogen and oxygen atoms in total. The van der Waals surface area contributed by atoms with Gasteiger partial charge in [0.25, 0.3) is 0 Å². The fourth-order valence-corrected chi connectivity index (χ4v) is 1.62. The second kappa shape index (κ2) is 4.31. The predicted molar refractivity (Wildman–Crippen MR) is 54.0 cm³/mol. The first-order valence-electron chi connectivity index (χ1n) is 4.72. The highest BCUT2D eigenvalue weighted by Gasteiger charge is 2.37. The van der Waals surface area contributed by atoms with Gasteiger partial charge in [0.1, 0.15) is 0 Å². The maximum atomic E-state index is 8.34. The van der Waals surface area contributed by atoms with Crippen molar-refractivity contribution in [3.63, 3.8) is 0 Å². The van der Waals surface area contributed by atoms with Gasteiger partial charge in [-0.25, -0.2) is 0 Å². The van der Waals surface area contributed by atoms with Crippen molar-refractivity contribution in [3.8, 4) is 0 Å². The van der Waals surface area contributed by atoms with E-state index in [1.165, 1.54) is 0 Å². The molecule has 0 atom stereocenters. The summed E-state index contributed by atoms with van der Waals surface area (Å²) in [6.07, 6.45) is 0. The lowest BCUT2D eigenvalue weighted by molar-refractivity contribution is -0.156. The second-order valence-corrected chi connectivity index (χ2v) is 3.20. The molecule has 1 aromatic rings. The summed E-state index contributed by atoms with van der Waals surface area (Å²) in [5.41, 5.74) is 9.22. The van der Waals surface area contributed by atoms with Crippen LogP contribution in [0.4, 0.5) is 0 Å². The third-order valence-electron chi connectivity index (χ3n) is 2.31. The van der Waals surface area contributed by atoms with Crippen LogP contribution in [0.25, 0.3) is 10.4 Å². The van der Waals surface area contributed by atoms with Gasteiger partial charge in [-0.05, 0) is 5.53 Å². The predicted octanol–water partition coefficient (Wildman–Crippen LogP) is 2.20. The molecule has 5 heteroatoms. The smallest absolute Gasteiger partial charge is 0.200 e. The van der Waals surface area contributed by atoms with Gasteiger partial charge in [0, 0.05) is 10.5 Å². The van der Waals surface area contributed by atoms with E-state index < -0.39 is 5.79 Å². The quantitative estimate of drug-likeness (QED) is 0.431. The van der Waals surface area contributed by atoms with Crippen molar-refractivity contribution in [2.75, 3.05) is 19.8 Å². The van der Waals surface area contributed by atoms with Gasteiger partial charge < -0.3 is 9.47 Å². The van der Waals surface area contributed by atoms with E-state index in [0.29, 0.717) is 13.2 Å². The third kappa shape index (κ3) is 1.94. The number of hydrogen-bond acceptors (Lipinski definition) is 3. The highest BCUT2D eigenvalue weighted by Crippen LogP contribution is 2.31. The van der Waals surface area contributed by atoms with Gasteiger partial charge in [-0.3, -0.25) is 0 Å². The Balaban J connectivity index is 2.30. The molecule has 0 bridgehead atoms. The summed E-state index contributed by atoms with van der Waals surface area (Å²) in [6.45, 7) is 1.21. The van der Waals surface area contributed by atoms with Crippen molar-refractivity contribution >= 4 is 0 Å². The summed E-state index contributed by atoms with van der Waals surface area (Å²) < 4.78 is 11.1. The lowest BCUT2D eigenvalue weighted by atomic mass is 10.1. The Morgan fingerprint density at radius 1 is 1.27 bits per heavy atom. The second-order valence-electron chi connectivity index (χ2n) is 3.20. The molecule has 0 amide bonds. The summed E-state index contributed by atoms with van der Waals surface area (Å²) in [5.74, 6) is -0.881. The summed E-state index contributed by atoms with van der Waals surface area (Å²) in [6, 6.07) is 9.52. The van der Waals surface area contributed by atoms with Crippen molar-refractivity contribution in [1.29, 1.82) is 0 Å². The molecule has 15 heavy (non-hydrogen) atoms. The first-order chi connectivity index (χ1) is 7.37. The first-order valence-corrected chi connectivity index (χ1v) is 4.72. The van der Waals surface area contributed by atoms with Gasteiger partial charge in [0.05, 0.1) is 19.8 Å². The zero-order chi connectivity index (χ0) is 10.6. The molecule has 0 N–H and O–H groups in total. The topological polar surface area (TPSA) is 67.2 Å². The average Bonchev–Trinajstić information content (AvgIpc) is 2.78. The van der Waals surface area contributed by atoms with Crippen LogP contribution in [0.1, 0.15) is 5.56 Å². The maximum absolute atomic E-state index is 8.34. The fraction of sp³-hybridized carbons (Fsp3) is 0.400. The highest BCUT2D eigenvalue weighted by atomic mass is 16.7. The number of hydrogen-bond donors (Lipinski definition) is 0. The van der Waals surface area contributed by atoms with Gasteiger partial charge in [-0.1, -0.05) is 35.4 Å². The molecule has 0 unspecified atom stereocenters. The van der Waals surface area contributed by atoms with Crippen molar-refractivity contribution in [1.82, 2.24) is 0 Å². The molecule has 2 rings (SSSR count). The normalized spacial score (nSPS) is 18.4.